The number of methoxy groups -OCH3 is 1. The summed E-state index contributed by atoms with van der Waals surface area (Å²) in [5, 5.41) is 3.75. The van der Waals surface area contributed by atoms with Crippen molar-refractivity contribution < 1.29 is 4.74 Å². The predicted octanol–water partition coefficient (Wildman–Crippen LogP) is 2.04. The molecule has 14 heavy (non-hydrogen) atoms. The van der Waals surface area contributed by atoms with Gasteiger partial charge in [-0.3, -0.25) is 0 Å². The Labute approximate surface area is 91.2 Å². The van der Waals surface area contributed by atoms with Crippen LogP contribution in [0, 0.1) is 0 Å². The molecule has 2 atom stereocenters. The van der Waals surface area contributed by atoms with Crippen molar-refractivity contribution in [2.45, 2.75) is 50.3 Å². The van der Waals surface area contributed by atoms with Crippen LogP contribution >= 0.6 is 11.8 Å². The second kappa shape index (κ2) is 5.38. The second-order valence-electron chi connectivity index (χ2n) is 4.42. The van der Waals surface area contributed by atoms with Crippen LogP contribution in [-0.4, -0.2) is 36.8 Å². The summed E-state index contributed by atoms with van der Waals surface area (Å²) in [7, 11) is 1.86. The highest BCUT2D eigenvalue weighted by molar-refractivity contribution is 8.00. The van der Waals surface area contributed by atoms with Gasteiger partial charge in [0.2, 0.25) is 0 Å². The van der Waals surface area contributed by atoms with Gasteiger partial charge >= 0.3 is 0 Å². The van der Waals surface area contributed by atoms with Crippen LogP contribution in [-0.2, 0) is 4.74 Å². The minimum Gasteiger partial charge on any atom is -0.380 e. The molecule has 2 nitrogen and oxygen atoms in total. The van der Waals surface area contributed by atoms with Gasteiger partial charge in [0.25, 0.3) is 0 Å². The van der Waals surface area contributed by atoms with Crippen LogP contribution in [0.4, 0.5) is 0 Å². The molecule has 3 heteroatoms. The Bertz CT molecular complexity index is 173. The van der Waals surface area contributed by atoms with Crippen LogP contribution in [0.5, 0.6) is 0 Å². The molecular weight excluding hydrogens is 194 g/mol. The number of ether oxygens (including phenoxy) is 1. The average Bonchev–Trinajstić information content (AvgIpc) is 2.35. The molecule has 0 amide bonds. The third kappa shape index (κ3) is 2.65. The first-order valence-corrected chi connectivity index (χ1v) is 6.92. The minimum absolute atomic E-state index is 0.461. The van der Waals surface area contributed by atoms with Crippen LogP contribution in [0.15, 0.2) is 0 Å². The summed E-state index contributed by atoms with van der Waals surface area (Å²) in [6.07, 6.45) is 7.11. The number of nitrogens with one attached hydrogen (secondary N) is 1. The molecule has 1 N–H and O–H groups in total. The first-order valence-electron chi connectivity index (χ1n) is 5.76. The van der Waals surface area contributed by atoms with Crippen molar-refractivity contribution in [2.75, 3.05) is 18.6 Å². The van der Waals surface area contributed by atoms with Crippen molar-refractivity contribution >= 4 is 11.8 Å². The summed E-state index contributed by atoms with van der Waals surface area (Å²) in [5.74, 6) is 2.60. The Morgan fingerprint density at radius 2 is 1.93 bits per heavy atom. The Balaban J connectivity index is 1.83. The maximum absolute atomic E-state index is 5.58. The summed E-state index contributed by atoms with van der Waals surface area (Å²) in [6.45, 7) is 0. The molecule has 0 aromatic carbocycles. The summed E-state index contributed by atoms with van der Waals surface area (Å²) in [6, 6.07) is 1.38. The van der Waals surface area contributed by atoms with E-state index in [2.05, 4.69) is 5.32 Å². The molecule has 1 aliphatic carbocycles. The van der Waals surface area contributed by atoms with Gasteiger partial charge in [0.15, 0.2) is 0 Å². The standard InChI is InChI=1S/C11H21NOS/c1-13-11-6-4-2-3-5-10(11)12-9-7-14-8-9/h9-12H,2-8H2,1H3. The smallest absolute Gasteiger partial charge is 0.0724 e. The van der Waals surface area contributed by atoms with Crippen LogP contribution < -0.4 is 5.32 Å². The van der Waals surface area contributed by atoms with E-state index in [4.69, 9.17) is 4.74 Å². The zero-order chi connectivity index (χ0) is 9.80. The maximum atomic E-state index is 5.58. The lowest BCUT2D eigenvalue weighted by atomic mass is 10.1. The fourth-order valence-electron chi connectivity index (χ4n) is 2.38. The van der Waals surface area contributed by atoms with E-state index in [-0.39, 0.29) is 0 Å². The molecule has 2 fully saturated rings. The first-order chi connectivity index (χ1) is 6.90. The van der Waals surface area contributed by atoms with E-state index < -0.39 is 0 Å². The Morgan fingerprint density at radius 3 is 2.57 bits per heavy atom. The van der Waals surface area contributed by atoms with Gasteiger partial charge in [-0.2, -0.15) is 11.8 Å². The Morgan fingerprint density at radius 1 is 1.14 bits per heavy atom. The highest BCUT2D eigenvalue weighted by atomic mass is 32.2. The predicted molar refractivity (Wildman–Crippen MR) is 61.9 cm³/mol. The van der Waals surface area contributed by atoms with Gasteiger partial charge in [0.1, 0.15) is 0 Å². The Kier molecular flexibility index (Phi) is 4.14. The molecule has 0 aromatic heterocycles. The van der Waals surface area contributed by atoms with Gasteiger partial charge in [0.05, 0.1) is 6.10 Å². The highest BCUT2D eigenvalue weighted by Gasteiger charge is 2.28. The van der Waals surface area contributed by atoms with E-state index in [1.807, 2.05) is 18.9 Å². The van der Waals surface area contributed by atoms with E-state index in [0.717, 1.165) is 6.04 Å². The largest absolute Gasteiger partial charge is 0.380 e. The molecule has 1 aliphatic heterocycles. The molecule has 2 unspecified atom stereocenters. The minimum atomic E-state index is 0.461. The van der Waals surface area contributed by atoms with Crippen molar-refractivity contribution in [1.82, 2.24) is 5.32 Å². The quantitative estimate of drug-likeness (QED) is 0.728. The van der Waals surface area contributed by atoms with Gasteiger partial charge in [-0.25, -0.2) is 0 Å². The molecule has 0 spiro atoms. The van der Waals surface area contributed by atoms with Crippen LogP contribution in [0.2, 0.25) is 0 Å². The second-order valence-corrected chi connectivity index (χ2v) is 5.49. The van der Waals surface area contributed by atoms with Crippen molar-refractivity contribution in [1.29, 1.82) is 0 Å². The molecule has 82 valence electrons. The zero-order valence-corrected chi connectivity index (χ0v) is 9.81. The number of hydrogen-bond acceptors (Lipinski definition) is 3. The Hall–Kier alpha value is 0.270. The molecule has 0 aromatic rings. The molecule has 1 saturated carbocycles. The van der Waals surface area contributed by atoms with E-state index in [0.29, 0.717) is 12.1 Å². The van der Waals surface area contributed by atoms with Crippen LogP contribution in [0.3, 0.4) is 0 Å². The highest BCUT2D eigenvalue weighted by Crippen LogP contribution is 2.24. The van der Waals surface area contributed by atoms with Gasteiger partial charge in [0, 0.05) is 30.7 Å². The molecule has 1 saturated heterocycles. The summed E-state index contributed by atoms with van der Waals surface area (Å²) < 4.78 is 5.58. The molecule has 1 heterocycles. The fraction of sp³-hybridized carbons (Fsp3) is 1.00. The molecule has 2 aliphatic rings. The van der Waals surface area contributed by atoms with Gasteiger partial charge in [-0.15, -0.1) is 0 Å². The molecule has 2 rings (SSSR count). The molecule has 0 radical (unpaired) electrons. The first kappa shape index (κ1) is 10.8. The lowest BCUT2D eigenvalue weighted by Crippen LogP contribution is -2.50. The zero-order valence-electron chi connectivity index (χ0n) is 9.00. The van der Waals surface area contributed by atoms with E-state index in [1.54, 1.807) is 0 Å². The fourth-order valence-corrected chi connectivity index (χ4v) is 3.04. The topological polar surface area (TPSA) is 21.3 Å². The van der Waals surface area contributed by atoms with Gasteiger partial charge < -0.3 is 10.1 Å². The molecular formula is C11H21NOS. The lowest BCUT2D eigenvalue weighted by Gasteiger charge is -2.33. The van der Waals surface area contributed by atoms with Crippen molar-refractivity contribution in [3.05, 3.63) is 0 Å². The summed E-state index contributed by atoms with van der Waals surface area (Å²) in [5.41, 5.74) is 0. The van der Waals surface area contributed by atoms with Crippen molar-refractivity contribution in [3.8, 4) is 0 Å². The lowest BCUT2D eigenvalue weighted by molar-refractivity contribution is 0.0604. The number of hydrogen-bond donors (Lipinski definition) is 1. The molecule has 0 bridgehead atoms. The number of rotatable bonds is 3. The van der Waals surface area contributed by atoms with Gasteiger partial charge in [-0.1, -0.05) is 19.3 Å². The van der Waals surface area contributed by atoms with Crippen LogP contribution in [0.25, 0.3) is 0 Å². The summed E-state index contributed by atoms with van der Waals surface area (Å²) >= 11 is 2.04. The van der Waals surface area contributed by atoms with E-state index in [1.165, 1.54) is 43.6 Å². The normalized spacial score (nSPS) is 34.9. The van der Waals surface area contributed by atoms with Gasteiger partial charge in [-0.05, 0) is 12.8 Å². The summed E-state index contributed by atoms with van der Waals surface area (Å²) in [4.78, 5) is 0. The van der Waals surface area contributed by atoms with E-state index >= 15 is 0 Å². The van der Waals surface area contributed by atoms with E-state index in [9.17, 15) is 0 Å². The third-order valence-corrected chi connectivity index (χ3v) is 4.62. The maximum Gasteiger partial charge on any atom is 0.0724 e. The number of thioether (sulfide) groups is 1. The monoisotopic (exact) mass is 215 g/mol. The average molecular weight is 215 g/mol. The third-order valence-electron chi connectivity index (χ3n) is 3.34. The van der Waals surface area contributed by atoms with Crippen LogP contribution in [0.1, 0.15) is 32.1 Å². The van der Waals surface area contributed by atoms with Crippen molar-refractivity contribution in [3.63, 3.8) is 0 Å². The SMILES string of the molecule is COC1CCCCCC1NC1CSC1. The van der Waals surface area contributed by atoms with Crippen molar-refractivity contribution in [2.24, 2.45) is 0 Å².